The van der Waals surface area contributed by atoms with Gasteiger partial charge in [0.05, 0.1) is 13.2 Å². The lowest BCUT2D eigenvalue weighted by Gasteiger charge is -2.29. The van der Waals surface area contributed by atoms with Gasteiger partial charge in [0.15, 0.2) is 17.5 Å². The third kappa shape index (κ3) is 7.89. The van der Waals surface area contributed by atoms with Crippen molar-refractivity contribution in [3.05, 3.63) is 18.2 Å². The number of likely N-dealkylation sites (tertiary alicyclic amines) is 1. The molecule has 1 saturated heterocycles. The van der Waals surface area contributed by atoms with Gasteiger partial charge in [-0.1, -0.05) is 6.92 Å². The third-order valence-corrected chi connectivity index (χ3v) is 5.92. The van der Waals surface area contributed by atoms with Crippen molar-refractivity contribution >= 4 is 17.6 Å². The van der Waals surface area contributed by atoms with E-state index in [-0.39, 0.29) is 5.91 Å². The number of nitrogens with zero attached hydrogens (tertiary/aromatic N) is 3. The van der Waals surface area contributed by atoms with E-state index in [0.717, 1.165) is 49.0 Å². The summed E-state index contributed by atoms with van der Waals surface area (Å²) in [6.07, 6.45) is 4.89. The number of fused-ring (bicyclic) bond motifs is 1. The Morgan fingerprint density at radius 2 is 1.94 bits per heavy atom. The first-order valence-corrected chi connectivity index (χ1v) is 11.9. The molecule has 1 fully saturated rings. The Balaban J connectivity index is 1.56. The van der Waals surface area contributed by atoms with Gasteiger partial charge in [-0.3, -0.25) is 9.79 Å². The summed E-state index contributed by atoms with van der Waals surface area (Å²) in [5.74, 6) is 3.13. The zero-order valence-electron chi connectivity index (χ0n) is 19.9. The molecule has 1 amide bonds. The molecule has 1 aromatic carbocycles. The molecule has 32 heavy (non-hydrogen) atoms. The molecule has 8 heteroatoms. The molecule has 3 rings (SSSR count). The van der Waals surface area contributed by atoms with E-state index in [0.29, 0.717) is 32.1 Å². The number of ether oxygens (including phenoxy) is 2. The van der Waals surface area contributed by atoms with Gasteiger partial charge in [-0.25, -0.2) is 0 Å². The number of piperidine rings is 1. The highest BCUT2D eigenvalue weighted by Crippen LogP contribution is 2.32. The van der Waals surface area contributed by atoms with Crippen molar-refractivity contribution in [1.82, 2.24) is 15.1 Å². The Kier molecular flexibility index (Phi) is 9.46. The number of amides is 1. The summed E-state index contributed by atoms with van der Waals surface area (Å²) in [5.41, 5.74) is 0.879. The molecular formula is C24H39N5O3. The lowest BCUT2D eigenvalue weighted by atomic mass is 9.99. The minimum Gasteiger partial charge on any atom is -0.490 e. The number of rotatable bonds is 8. The van der Waals surface area contributed by atoms with Gasteiger partial charge in [-0.15, -0.1) is 0 Å². The van der Waals surface area contributed by atoms with Gasteiger partial charge in [0.1, 0.15) is 0 Å². The van der Waals surface area contributed by atoms with Crippen LogP contribution in [0.3, 0.4) is 0 Å². The first-order valence-electron chi connectivity index (χ1n) is 11.9. The largest absolute Gasteiger partial charge is 0.490 e. The number of nitrogens with one attached hydrogen (secondary N) is 2. The maximum atomic E-state index is 11.9. The van der Waals surface area contributed by atoms with Crippen LogP contribution in [-0.4, -0.2) is 81.7 Å². The monoisotopic (exact) mass is 445 g/mol. The van der Waals surface area contributed by atoms with E-state index in [9.17, 15) is 4.79 Å². The third-order valence-electron chi connectivity index (χ3n) is 5.92. The summed E-state index contributed by atoms with van der Waals surface area (Å²) in [5, 5.41) is 6.66. The van der Waals surface area contributed by atoms with Gasteiger partial charge in [-0.2, -0.15) is 0 Å². The maximum absolute atomic E-state index is 11.9. The van der Waals surface area contributed by atoms with E-state index >= 15 is 0 Å². The standard InChI is InChI=1S/C24H39N5O3/c1-19-9-14-29(15-10-19)13-4-11-25-24(26-12-8-23(30)28(2)3)27-20-6-7-21-22(18-20)32-17-5-16-31-21/h6-7,18-19H,4-5,8-17H2,1-3H3,(H2,25,26,27). The maximum Gasteiger partial charge on any atom is 0.223 e. The van der Waals surface area contributed by atoms with Crippen LogP contribution in [0.4, 0.5) is 5.69 Å². The van der Waals surface area contributed by atoms with E-state index in [2.05, 4.69) is 22.5 Å². The van der Waals surface area contributed by atoms with Crippen LogP contribution in [0.25, 0.3) is 0 Å². The second-order valence-electron chi connectivity index (χ2n) is 8.91. The van der Waals surface area contributed by atoms with Gasteiger partial charge in [0.2, 0.25) is 5.91 Å². The minimum atomic E-state index is 0.0896. The number of benzene rings is 1. The fraction of sp³-hybridized carbons (Fsp3) is 0.667. The number of guanidine groups is 1. The highest BCUT2D eigenvalue weighted by atomic mass is 16.5. The lowest BCUT2D eigenvalue weighted by molar-refractivity contribution is -0.128. The predicted molar refractivity (Wildman–Crippen MR) is 129 cm³/mol. The van der Waals surface area contributed by atoms with Crippen LogP contribution in [-0.2, 0) is 4.79 Å². The Morgan fingerprint density at radius 3 is 2.69 bits per heavy atom. The first kappa shape index (κ1) is 24.2. The Morgan fingerprint density at radius 1 is 1.19 bits per heavy atom. The summed E-state index contributed by atoms with van der Waals surface area (Å²) in [7, 11) is 3.55. The van der Waals surface area contributed by atoms with Gasteiger partial charge in [0, 0.05) is 51.8 Å². The second kappa shape index (κ2) is 12.5. The molecule has 0 saturated carbocycles. The van der Waals surface area contributed by atoms with Crippen molar-refractivity contribution in [3.63, 3.8) is 0 Å². The van der Waals surface area contributed by atoms with Crippen LogP contribution in [0.5, 0.6) is 11.5 Å². The van der Waals surface area contributed by atoms with Crippen molar-refractivity contribution in [3.8, 4) is 11.5 Å². The Hall–Kier alpha value is -2.48. The molecule has 0 aromatic heterocycles. The van der Waals surface area contributed by atoms with Crippen LogP contribution >= 0.6 is 0 Å². The topological polar surface area (TPSA) is 78.4 Å². The number of aliphatic imine (C=N–C) groups is 1. The molecule has 1 aromatic rings. The van der Waals surface area contributed by atoms with Crippen LogP contribution in [0.2, 0.25) is 0 Å². The molecular weight excluding hydrogens is 406 g/mol. The Bertz CT molecular complexity index is 760. The average Bonchev–Trinajstić information content (AvgIpc) is 3.02. The van der Waals surface area contributed by atoms with Gasteiger partial charge in [0.25, 0.3) is 0 Å². The quantitative estimate of drug-likeness (QED) is 0.364. The number of carbonyl (C=O) groups is 1. The molecule has 2 heterocycles. The molecule has 178 valence electrons. The molecule has 8 nitrogen and oxygen atoms in total. The Labute approximate surface area is 192 Å². The zero-order valence-corrected chi connectivity index (χ0v) is 19.9. The molecule has 0 spiro atoms. The number of carbonyl (C=O) groups excluding carboxylic acids is 1. The van der Waals surface area contributed by atoms with E-state index in [1.54, 1.807) is 19.0 Å². The molecule has 0 unspecified atom stereocenters. The van der Waals surface area contributed by atoms with Crippen molar-refractivity contribution in [1.29, 1.82) is 0 Å². The molecule has 0 atom stereocenters. The highest BCUT2D eigenvalue weighted by Gasteiger charge is 2.15. The summed E-state index contributed by atoms with van der Waals surface area (Å²) in [6, 6.07) is 5.83. The molecule has 0 bridgehead atoms. The van der Waals surface area contributed by atoms with Gasteiger partial charge < -0.3 is 29.9 Å². The summed E-state index contributed by atoms with van der Waals surface area (Å²) in [6.45, 7) is 8.38. The smallest absolute Gasteiger partial charge is 0.223 e. The van der Waals surface area contributed by atoms with Crippen molar-refractivity contribution in [2.75, 3.05) is 65.3 Å². The first-order chi connectivity index (χ1) is 15.5. The molecule has 0 radical (unpaired) electrons. The van der Waals surface area contributed by atoms with Crippen molar-refractivity contribution in [2.24, 2.45) is 10.9 Å². The van der Waals surface area contributed by atoms with E-state index in [1.165, 1.54) is 25.9 Å². The van der Waals surface area contributed by atoms with Crippen LogP contribution in [0.15, 0.2) is 23.2 Å². The normalized spacial score (nSPS) is 17.5. The van der Waals surface area contributed by atoms with E-state index < -0.39 is 0 Å². The van der Waals surface area contributed by atoms with Crippen molar-refractivity contribution in [2.45, 2.75) is 39.0 Å². The summed E-state index contributed by atoms with van der Waals surface area (Å²) >= 11 is 0. The van der Waals surface area contributed by atoms with Crippen molar-refractivity contribution < 1.29 is 14.3 Å². The summed E-state index contributed by atoms with van der Waals surface area (Å²) in [4.78, 5) is 20.8. The molecule has 2 aliphatic rings. The highest BCUT2D eigenvalue weighted by molar-refractivity contribution is 5.94. The number of anilines is 1. The van der Waals surface area contributed by atoms with E-state index in [1.807, 2.05) is 18.2 Å². The zero-order chi connectivity index (χ0) is 22.8. The van der Waals surface area contributed by atoms with Gasteiger partial charge in [-0.05, 0) is 56.9 Å². The second-order valence-corrected chi connectivity index (χ2v) is 8.91. The number of hydrogen-bond acceptors (Lipinski definition) is 5. The fourth-order valence-electron chi connectivity index (χ4n) is 3.80. The lowest BCUT2D eigenvalue weighted by Crippen LogP contribution is -2.35. The van der Waals surface area contributed by atoms with Crippen LogP contribution in [0, 0.1) is 5.92 Å². The molecule has 0 aliphatic carbocycles. The number of hydrogen-bond donors (Lipinski definition) is 2. The fourth-order valence-corrected chi connectivity index (χ4v) is 3.80. The summed E-state index contributed by atoms with van der Waals surface area (Å²) < 4.78 is 11.5. The van der Waals surface area contributed by atoms with E-state index in [4.69, 9.17) is 14.5 Å². The van der Waals surface area contributed by atoms with Crippen LogP contribution in [0.1, 0.15) is 39.0 Å². The SMILES string of the molecule is CC1CCN(CCCN=C(NCCC(=O)N(C)C)Nc2ccc3c(c2)OCCCO3)CC1. The van der Waals surface area contributed by atoms with Crippen LogP contribution < -0.4 is 20.1 Å². The average molecular weight is 446 g/mol. The molecule has 2 aliphatic heterocycles. The minimum absolute atomic E-state index is 0.0896. The molecule has 2 N–H and O–H groups in total. The predicted octanol–water partition coefficient (Wildman–Crippen LogP) is 2.81. The van der Waals surface area contributed by atoms with Gasteiger partial charge >= 0.3 is 0 Å².